The summed E-state index contributed by atoms with van der Waals surface area (Å²) >= 11 is 0. The van der Waals surface area contributed by atoms with Gasteiger partial charge >= 0.3 is 12.2 Å². The number of anilines is 1. The average Bonchev–Trinajstić information content (AvgIpc) is 2.34. The van der Waals surface area contributed by atoms with Gasteiger partial charge < -0.3 is 15.2 Å². The molecule has 7 nitrogen and oxygen atoms in total. The van der Waals surface area contributed by atoms with E-state index in [2.05, 4.69) is 4.98 Å². The Labute approximate surface area is 136 Å². The second kappa shape index (κ2) is 7.30. The van der Waals surface area contributed by atoms with Crippen molar-refractivity contribution in [1.29, 1.82) is 0 Å². The number of ether oxygens (including phenoxy) is 2. The van der Waals surface area contributed by atoms with E-state index in [0.717, 1.165) is 5.56 Å². The van der Waals surface area contributed by atoms with E-state index in [1.807, 2.05) is 11.4 Å². The molecule has 0 fully saturated rings. The maximum atomic E-state index is 11.7. The minimum absolute atomic E-state index is 0.459. The summed E-state index contributed by atoms with van der Waals surface area (Å²) in [4.78, 5) is 27.3. The number of nitrogens with zero attached hydrogens (tertiary/aromatic N) is 1. The van der Waals surface area contributed by atoms with E-state index in [1.165, 1.54) is 0 Å². The zero-order valence-electron chi connectivity index (χ0n) is 14.3. The Balaban J connectivity index is 2.45. The maximum Gasteiger partial charge on any atom is 0.417 e. The van der Waals surface area contributed by atoms with Gasteiger partial charge in [-0.05, 0) is 59.1 Å². The number of aromatic nitrogens is 1. The monoisotopic (exact) mass is 323 g/mol. The van der Waals surface area contributed by atoms with E-state index >= 15 is 0 Å². The first-order chi connectivity index (χ1) is 10.5. The zero-order chi connectivity index (χ0) is 17.7. The minimum atomic E-state index is -0.834. The number of nitrogens with one attached hydrogen (secondary N) is 1. The smallest absolute Gasteiger partial charge is 0.417 e. The first-order valence-electron chi connectivity index (χ1n) is 7.40. The fourth-order valence-electron chi connectivity index (χ4n) is 1.74. The maximum absolute atomic E-state index is 11.7. The second-order valence-electron chi connectivity index (χ2n) is 6.87. The number of hydrogen-bond acceptors (Lipinski definition) is 6. The molecule has 0 saturated carbocycles. The van der Waals surface area contributed by atoms with Crippen LogP contribution in [0.2, 0.25) is 0 Å². The normalized spacial score (nSPS) is 11.7. The molecule has 0 aliphatic heterocycles. The minimum Gasteiger partial charge on any atom is -0.443 e. The van der Waals surface area contributed by atoms with Gasteiger partial charge in [-0.1, -0.05) is 6.07 Å². The molecule has 0 aliphatic rings. The largest absolute Gasteiger partial charge is 0.443 e. The summed E-state index contributed by atoms with van der Waals surface area (Å²) in [6.07, 6.45) is 1.26. The molecule has 2 amide bonds. The molecule has 3 N–H and O–H groups in total. The van der Waals surface area contributed by atoms with Gasteiger partial charge in [0.2, 0.25) is 0 Å². The van der Waals surface area contributed by atoms with Gasteiger partial charge in [-0.25, -0.2) is 19.9 Å². The van der Waals surface area contributed by atoms with Crippen LogP contribution in [0.3, 0.4) is 0 Å². The van der Waals surface area contributed by atoms with E-state index in [0.29, 0.717) is 18.7 Å². The Hall–Kier alpha value is -2.31. The van der Waals surface area contributed by atoms with Gasteiger partial charge in [0.05, 0.1) is 0 Å². The van der Waals surface area contributed by atoms with Gasteiger partial charge in [0.25, 0.3) is 0 Å². The molecule has 0 spiro atoms. The second-order valence-corrected chi connectivity index (χ2v) is 6.87. The van der Waals surface area contributed by atoms with Crippen LogP contribution in [0.25, 0.3) is 0 Å². The molecule has 128 valence electrons. The van der Waals surface area contributed by atoms with Crippen molar-refractivity contribution in [1.82, 2.24) is 10.3 Å². The molecule has 0 bridgehead atoms. The van der Waals surface area contributed by atoms with E-state index < -0.39 is 23.4 Å². The van der Waals surface area contributed by atoms with Crippen LogP contribution < -0.4 is 11.1 Å². The molecule has 1 heterocycles. The van der Waals surface area contributed by atoms with Crippen molar-refractivity contribution in [3.8, 4) is 0 Å². The van der Waals surface area contributed by atoms with Crippen LogP contribution in [0.15, 0.2) is 18.3 Å². The number of carbonyl (C=O) groups is 2. The van der Waals surface area contributed by atoms with Crippen molar-refractivity contribution in [2.75, 3.05) is 5.73 Å². The van der Waals surface area contributed by atoms with Crippen molar-refractivity contribution in [3.63, 3.8) is 0 Å². The van der Waals surface area contributed by atoms with E-state index in [-0.39, 0.29) is 0 Å². The van der Waals surface area contributed by atoms with Crippen molar-refractivity contribution < 1.29 is 19.1 Å². The SMILES string of the molecule is CC(C)(C)OC(=O)NC(=O)OC(C)(C)CCc1ccc(N)nc1. The molecule has 0 aliphatic carbocycles. The quantitative estimate of drug-likeness (QED) is 0.882. The molecule has 1 aromatic rings. The highest BCUT2D eigenvalue weighted by Gasteiger charge is 2.25. The summed E-state index contributed by atoms with van der Waals surface area (Å²) in [5, 5.41) is 2.05. The predicted octanol–water partition coefficient (Wildman–Crippen LogP) is 3.04. The molecule has 7 heteroatoms. The summed E-state index contributed by atoms with van der Waals surface area (Å²) in [5.74, 6) is 0.459. The first kappa shape index (κ1) is 18.7. The molecule has 1 rings (SSSR count). The van der Waals surface area contributed by atoms with Crippen molar-refractivity contribution in [3.05, 3.63) is 23.9 Å². The topological polar surface area (TPSA) is 104 Å². The van der Waals surface area contributed by atoms with Crippen LogP contribution in [0.5, 0.6) is 0 Å². The molecule has 0 radical (unpaired) electrons. The number of nitrogen functional groups attached to an aromatic ring is 1. The summed E-state index contributed by atoms with van der Waals surface area (Å²) < 4.78 is 10.3. The molecule has 0 saturated heterocycles. The van der Waals surface area contributed by atoms with Gasteiger partial charge in [0.15, 0.2) is 0 Å². The summed E-state index contributed by atoms with van der Waals surface area (Å²) in [6.45, 7) is 8.67. The molecule has 0 aromatic carbocycles. The number of alkyl carbamates (subject to hydrolysis) is 2. The van der Waals surface area contributed by atoms with Crippen LogP contribution in [-0.2, 0) is 15.9 Å². The fourth-order valence-corrected chi connectivity index (χ4v) is 1.74. The standard InChI is InChI=1S/C16H25N3O4/c1-15(2,3)22-13(20)19-14(21)23-16(4,5)9-8-11-6-7-12(17)18-10-11/h6-7,10H,8-9H2,1-5H3,(H2,17,18)(H,19,20,21). The number of amides is 2. The lowest BCUT2D eigenvalue weighted by Crippen LogP contribution is -2.40. The molecule has 1 aromatic heterocycles. The zero-order valence-corrected chi connectivity index (χ0v) is 14.3. The number of rotatable bonds is 4. The number of carbonyl (C=O) groups excluding carboxylic acids is 2. The van der Waals surface area contributed by atoms with E-state index in [1.54, 1.807) is 46.9 Å². The lowest BCUT2D eigenvalue weighted by atomic mass is 9.99. The Morgan fingerprint density at radius 1 is 1.13 bits per heavy atom. The Kier molecular flexibility index (Phi) is 5.95. The van der Waals surface area contributed by atoms with E-state index in [4.69, 9.17) is 15.2 Å². The molecular weight excluding hydrogens is 298 g/mol. The Morgan fingerprint density at radius 2 is 1.74 bits per heavy atom. The predicted molar refractivity (Wildman–Crippen MR) is 86.9 cm³/mol. The number of pyridine rings is 1. The van der Waals surface area contributed by atoms with Gasteiger partial charge in [-0.3, -0.25) is 0 Å². The summed E-state index contributed by atoms with van der Waals surface area (Å²) in [5.41, 5.74) is 5.10. The third kappa shape index (κ3) is 8.04. The van der Waals surface area contributed by atoms with Crippen LogP contribution in [0, 0.1) is 0 Å². The Bertz CT molecular complexity index is 547. The van der Waals surface area contributed by atoms with Crippen molar-refractivity contribution in [2.24, 2.45) is 0 Å². The van der Waals surface area contributed by atoms with Gasteiger partial charge in [0, 0.05) is 6.20 Å². The summed E-state index contributed by atoms with van der Waals surface area (Å²) in [7, 11) is 0. The van der Waals surface area contributed by atoms with Gasteiger partial charge in [-0.2, -0.15) is 0 Å². The van der Waals surface area contributed by atoms with Crippen molar-refractivity contribution in [2.45, 2.75) is 58.7 Å². The highest BCUT2D eigenvalue weighted by Crippen LogP contribution is 2.18. The van der Waals surface area contributed by atoms with E-state index in [9.17, 15) is 9.59 Å². The van der Waals surface area contributed by atoms with Crippen molar-refractivity contribution >= 4 is 18.0 Å². The highest BCUT2D eigenvalue weighted by atomic mass is 16.6. The molecular formula is C16H25N3O4. The number of nitrogens with two attached hydrogens (primary N) is 1. The number of aryl methyl sites for hydroxylation is 1. The van der Waals surface area contributed by atoms with Gasteiger partial charge in [0.1, 0.15) is 17.0 Å². The first-order valence-corrected chi connectivity index (χ1v) is 7.40. The third-order valence-corrected chi connectivity index (χ3v) is 2.84. The lowest BCUT2D eigenvalue weighted by molar-refractivity contribution is 0.0238. The van der Waals surface area contributed by atoms with Crippen LogP contribution >= 0.6 is 0 Å². The van der Waals surface area contributed by atoms with Gasteiger partial charge in [-0.15, -0.1) is 0 Å². The Morgan fingerprint density at radius 3 is 2.26 bits per heavy atom. The fraction of sp³-hybridized carbons (Fsp3) is 0.562. The molecule has 0 atom stereocenters. The molecule has 0 unspecified atom stereocenters. The number of imide groups is 1. The average molecular weight is 323 g/mol. The third-order valence-electron chi connectivity index (χ3n) is 2.84. The van der Waals surface area contributed by atoms with Crippen LogP contribution in [0.1, 0.15) is 46.6 Å². The highest BCUT2D eigenvalue weighted by molar-refractivity contribution is 5.87. The molecule has 23 heavy (non-hydrogen) atoms. The number of hydrogen-bond donors (Lipinski definition) is 2. The lowest BCUT2D eigenvalue weighted by Gasteiger charge is -2.25. The summed E-state index contributed by atoms with van der Waals surface area (Å²) in [6, 6.07) is 3.59. The van der Waals surface area contributed by atoms with Crippen LogP contribution in [0.4, 0.5) is 15.4 Å². The van der Waals surface area contributed by atoms with Crippen LogP contribution in [-0.4, -0.2) is 28.4 Å².